The molecule has 1 heterocycles. The van der Waals surface area contributed by atoms with E-state index in [9.17, 15) is 0 Å². The molecule has 14 heavy (non-hydrogen) atoms. The van der Waals surface area contributed by atoms with E-state index in [2.05, 4.69) is 25.1 Å². The van der Waals surface area contributed by atoms with Crippen LogP contribution in [0.15, 0.2) is 22.6 Å². The molecule has 0 N–H and O–H groups in total. The molecule has 1 nitrogen and oxygen atoms in total. The Kier molecular flexibility index (Phi) is 1.66. The van der Waals surface area contributed by atoms with Crippen molar-refractivity contribution in [1.82, 2.24) is 0 Å². The second-order valence-corrected chi connectivity index (χ2v) is 4.13. The smallest absolute Gasteiger partial charge is 0.134 e. The summed E-state index contributed by atoms with van der Waals surface area (Å²) in [7, 11) is 0. The molecule has 2 aromatic rings. The van der Waals surface area contributed by atoms with E-state index in [0.29, 0.717) is 0 Å². The highest BCUT2D eigenvalue weighted by atomic mass is 16.3. The van der Waals surface area contributed by atoms with Crippen molar-refractivity contribution < 1.29 is 4.42 Å². The van der Waals surface area contributed by atoms with Gasteiger partial charge in [-0.15, -0.1) is 0 Å². The Morgan fingerprint density at radius 2 is 2.00 bits per heavy atom. The Balaban J connectivity index is 2.42. The van der Waals surface area contributed by atoms with Crippen molar-refractivity contribution in [1.29, 1.82) is 0 Å². The molecule has 0 radical (unpaired) electrons. The first-order chi connectivity index (χ1) is 6.86. The Hall–Kier alpha value is -1.24. The van der Waals surface area contributed by atoms with E-state index < -0.39 is 0 Å². The van der Waals surface area contributed by atoms with Crippen molar-refractivity contribution in [3.63, 3.8) is 0 Å². The molecule has 0 atom stereocenters. The van der Waals surface area contributed by atoms with Gasteiger partial charge in [-0.3, -0.25) is 0 Å². The topological polar surface area (TPSA) is 13.1 Å². The summed E-state index contributed by atoms with van der Waals surface area (Å²) in [5.41, 5.74) is 4.01. The van der Waals surface area contributed by atoms with E-state index in [0.717, 1.165) is 11.3 Å². The maximum absolute atomic E-state index is 5.77. The first-order valence-electron chi connectivity index (χ1n) is 5.36. The van der Waals surface area contributed by atoms with Gasteiger partial charge < -0.3 is 4.42 Å². The van der Waals surface area contributed by atoms with E-state index >= 15 is 0 Å². The number of aryl methyl sites for hydroxylation is 3. The Labute approximate surface area is 83.7 Å². The first-order valence-corrected chi connectivity index (χ1v) is 5.36. The molecule has 1 aliphatic carbocycles. The van der Waals surface area contributed by atoms with Crippen LogP contribution in [0.2, 0.25) is 0 Å². The van der Waals surface area contributed by atoms with Crippen molar-refractivity contribution >= 4 is 11.0 Å². The number of hydrogen-bond acceptors (Lipinski definition) is 1. The van der Waals surface area contributed by atoms with Crippen LogP contribution in [0, 0.1) is 6.92 Å². The van der Waals surface area contributed by atoms with Crippen molar-refractivity contribution in [2.24, 2.45) is 0 Å². The molecule has 0 amide bonds. The summed E-state index contributed by atoms with van der Waals surface area (Å²) >= 11 is 0. The Bertz CT molecular complexity index is 479. The number of rotatable bonds is 0. The average molecular weight is 186 g/mol. The van der Waals surface area contributed by atoms with Gasteiger partial charge in [-0.2, -0.15) is 0 Å². The lowest BCUT2D eigenvalue weighted by Gasteiger charge is -1.98. The number of hydrogen-bond donors (Lipinski definition) is 0. The molecular formula is C13H14O. The molecule has 1 heteroatoms. The van der Waals surface area contributed by atoms with Crippen molar-refractivity contribution in [2.45, 2.75) is 32.6 Å². The molecule has 1 aromatic heterocycles. The molecule has 0 bridgehead atoms. The minimum Gasteiger partial charge on any atom is -0.461 e. The van der Waals surface area contributed by atoms with Crippen LogP contribution >= 0.6 is 0 Å². The molecule has 0 aliphatic heterocycles. The molecular weight excluding hydrogens is 172 g/mol. The van der Waals surface area contributed by atoms with Crippen LogP contribution in [0.4, 0.5) is 0 Å². The molecule has 0 fully saturated rings. The van der Waals surface area contributed by atoms with Crippen molar-refractivity contribution in [2.75, 3.05) is 0 Å². The normalized spacial score (nSPS) is 15.8. The lowest BCUT2D eigenvalue weighted by molar-refractivity contribution is 0.568. The van der Waals surface area contributed by atoms with Crippen LogP contribution in [0.3, 0.4) is 0 Å². The summed E-state index contributed by atoms with van der Waals surface area (Å²) < 4.78 is 5.77. The second-order valence-electron chi connectivity index (χ2n) is 4.13. The third-order valence-corrected chi connectivity index (χ3v) is 3.23. The molecule has 0 saturated carbocycles. The minimum absolute atomic E-state index is 1.08. The Morgan fingerprint density at radius 3 is 2.93 bits per heavy atom. The maximum atomic E-state index is 5.77. The average Bonchev–Trinajstić information content (AvgIpc) is 2.39. The van der Waals surface area contributed by atoms with Gasteiger partial charge in [0.05, 0.1) is 0 Å². The molecule has 1 aromatic carbocycles. The van der Waals surface area contributed by atoms with E-state index in [1.807, 2.05) is 0 Å². The van der Waals surface area contributed by atoms with E-state index in [4.69, 9.17) is 4.42 Å². The summed E-state index contributed by atoms with van der Waals surface area (Å²) in [4.78, 5) is 0. The van der Waals surface area contributed by atoms with Crippen LogP contribution in [-0.2, 0) is 12.8 Å². The predicted octanol–water partition coefficient (Wildman–Crippen LogP) is 3.62. The summed E-state index contributed by atoms with van der Waals surface area (Å²) in [5, 5.41) is 1.41. The van der Waals surface area contributed by atoms with Gasteiger partial charge in [-0.05, 0) is 44.2 Å². The molecule has 72 valence electrons. The van der Waals surface area contributed by atoms with Gasteiger partial charge in [0.2, 0.25) is 0 Å². The van der Waals surface area contributed by atoms with Crippen LogP contribution < -0.4 is 0 Å². The largest absolute Gasteiger partial charge is 0.461 e. The monoisotopic (exact) mass is 186 g/mol. The highest BCUT2D eigenvalue weighted by Gasteiger charge is 2.16. The van der Waals surface area contributed by atoms with Gasteiger partial charge in [0.25, 0.3) is 0 Å². The molecule has 0 spiro atoms. The second kappa shape index (κ2) is 2.88. The fourth-order valence-electron chi connectivity index (χ4n) is 2.53. The fraction of sp³-hybridized carbons (Fsp3) is 0.385. The quantitative estimate of drug-likeness (QED) is 0.612. The summed E-state index contributed by atoms with van der Waals surface area (Å²) in [6.07, 6.45) is 5.01. The van der Waals surface area contributed by atoms with Crippen LogP contribution in [0.5, 0.6) is 0 Å². The summed E-state index contributed by atoms with van der Waals surface area (Å²) in [6, 6.07) is 6.43. The fourth-order valence-corrected chi connectivity index (χ4v) is 2.53. The zero-order valence-corrected chi connectivity index (χ0v) is 8.47. The van der Waals surface area contributed by atoms with Crippen molar-refractivity contribution in [3.8, 4) is 0 Å². The van der Waals surface area contributed by atoms with Gasteiger partial charge in [0.1, 0.15) is 11.3 Å². The number of benzene rings is 1. The lowest BCUT2D eigenvalue weighted by atomic mass is 10.0. The van der Waals surface area contributed by atoms with E-state index in [1.54, 1.807) is 0 Å². The lowest BCUT2D eigenvalue weighted by Crippen LogP contribution is -1.82. The minimum atomic E-state index is 1.08. The summed E-state index contributed by atoms with van der Waals surface area (Å²) in [6.45, 7) is 2.09. The molecule has 1 aliphatic rings. The maximum Gasteiger partial charge on any atom is 0.134 e. The molecule has 3 rings (SSSR count). The molecule has 0 unspecified atom stereocenters. The van der Waals surface area contributed by atoms with Crippen LogP contribution in [0.25, 0.3) is 11.0 Å². The van der Waals surface area contributed by atoms with Gasteiger partial charge in [0.15, 0.2) is 0 Å². The SMILES string of the molecule is Cc1oc2cccc3c2c1CCCC3. The van der Waals surface area contributed by atoms with Gasteiger partial charge in [-0.25, -0.2) is 0 Å². The zero-order chi connectivity index (χ0) is 9.54. The van der Waals surface area contributed by atoms with Crippen LogP contribution in [-0.4, -0.2) is 0 Å². The summed E-state index contributed by atoms with van der Waals surface area (Å²) in [5.74, 6) is 1.12. The molecule has 0 saturated heterocycles. The van der Waals surface area contributed by atoms with E-state index in [-0.39, 0.29) is 0 Å². The van der Waals surface area contributed by atoms with Gasteiger partial charge >= 0.3 is 0 Å². The van der Waals surface area contributed by atoms with Crippen molar-refractivity contribution in [3.05, 3.63) is 35.1 Å². The van der Waals surface area contributed by atoms with Crippen LogP contribution in [0.1, 0.15) is 29.7 Å². The third-order valence-electron chi connectivity index (χ3n) is 3.23. The standard InChI is InChI=1S/C13H14O/c1-9-11-7-3-2-5-10-6-4-8-12(14-9)13(10)11/h4,6,8H,2-3,5,7H2,1H3. The van der Waals surface area contributed by atoms with Gasteiger partial charge in [-0.1, -0.05) is 12.1 Å². The highest BCUT2D eigenvalue weighted by Crippen LogP contribution is 2.32. The third kappa shape index (κ3) is 1.02. The van der Waals surface area contributed by atoms with E-state index in [1.165, 1.54) is 42.2 Å². The van der Waals surface area contributed by atoms with Gasteiger partial charge in [0, 0.05) is 10.9 Å². The highest BCUT2D eigenvalue weighted by molar-refractivity contribution is 5.86. The number of furan rings is 1. The zero-order valence-electron chi connectivity index (χ0n) is 8.47. The Morgan fingerprint density at radius 1 is 1.14 bits per heavy atom. The predicted molar refractivity (Wildman–Crippen MR) is 57.6 cm³/mol. The first kappa shape index (κ1) is 8.10.